The minimum absolute atomic E-state index is 0.166. The molecule has 11 heteroatoms. The number of rotatable bonds is 7. The number of alkyl halides is 3. The van der Waals surface area contributed by atoms with Crippen LogP contribution in [-0.2, 0) is 6.18 Å². The van der Waals surface area contributed by atoms with Crippen LogP contribution in [0, 0.1) is 5.92 Å². The first kappa shape index (κ1) is 25.9. The average molecular weight is 533 g/mol. The second-order valence-electron chi connectivity index (χ2n) is 10.4. The van der Waals surface area contributed by atoms with Gasteiger partial charge < -0.3 is 21.4 Å². The van der Waals surface area contributed by atoms with Gasteiger partial charge in [0.2, 0.25) is 5.95 Å². The number of nitrogens with two attached hydrogens (primary N) is 1. The second-order valence-corrected chi connectivity index (χ2v) is 12.6. The van der Waals surface area contributed by atoms with Crippen LogP contribution in [0.15, 0.2) is 24.5 Å². The van der Waals surface area contributed by atoms with Crippen LogP contribution in [0.3, 0.4) is 0 Å². The Balaban J connectivity index is 1.53. The molecule has 2 saturated carbocycles. The minimum atomic E-state index is -4.61. The Labute approximate surface area is 215 Å². The van der Waals surface area contributed by atoms with Gasteiger partial charge in [-0.15, -0.1) is 0 Å². The summed E-state index contributed by atoms with van der Waals surface area (Å²) in [5, 5.41) is 7.64. The molecule has 0 saturated heterocycles. The van der Waals surface area contributed by atoms with Crippen LogP contribution >= 0.6 is 7.92 Å². The molecular weight excluding hydrogens is 500 g/mol. The molecule has 0 radical (unpaired) electrons. The van der Waals surface area contributed by atoms with Crippen molar-refractivity contribution in [2.45, 2.75) is 56.8 Å². The fourth-order valence-corrected chi connectivity index (χ4v) is 6.72. The molecule has 2 aliphatic rings. The van der Waals surface area contributed by atoms with Crippen molar-refractivity contribution in [2.75, 3.05) is 25.2 Å². The Kier molecular flexibility index (Phi) is 7.16. The van der Waals surface area contributed by atoms with Crippen LogP contribution in [0.25, 0.3) is 22.2 Å². The highest BCUT2D eigenvalue weighted by molar-refractivity contribution is 7.64. The number of hydrogen-bond donors (Lipinski definition) is 4. The zero-order valence-corrected chi connectivity index (χ0v) is 21.8. The number of fused-ring (bicyclic) bond motifs is 1. The van der Waals surface area contributed by atoms with E-state index < -0.39 is 19.7 Å². The Morgan fingerprint density at radius 2 is 1.95 bits per heavy atom. The molecule has 37 heavy (non-hydrogen) atoms. The van der Waals surface area contributed by atoms with Crippen molar-refractivity contribution in [1.82, 2.24) is 20.3 Å². The molecule has 1 aromatic carbocycles. The van der Waals surface area contributed by atoms with Gasteiger partial charge in [-0.2, -0.15) is 13.2 Å². The fourth-order valence-electron chi connectivity index (χ4n) is 5.43. The van der Waals surface area contributed by atoms with Crippen molar-refractivity contribution in [2.24, 2.45) is 11.7 Å². The van der Waals surface area contributed by atoms with Gasteiger partial charge in [0.05, 0.1) is 11.2 Å². The van der Waals surface area contributed by atoms with Gasteiger partial charge in [0.25, 0.3) is 5.91 Å². The molecule has 5 N–H and O–H groups in total. The number of nitrogens with one attached hydrogen (secondary N) is 3. The molecule has 2 heterocycles. The number of aromatic nitrogens is 3. The lowest BCUT2D eigenvalue weighted by Gasteiger charge is -2.32. The molecule has 2 aliphatic carbocycles. The molecule has 2 aromatic heterocycles. The number of hydrogen-bond acceptors (Lipinski definition) is 5. The van der Waals surface area contributed by atoms with Gasteiger partial charge in [0.1, 0.15) is 5.56 Å². The monoisotopic (exact) mass is 532 g/mol. The molecule has 0 atom stereocenters. The van der Waals surface area contributed by atoms with Crippen LogP contribution in [0.2, 0.25) is 0 Å². The maximum Gasteiger partial charge on any atom is 0.419 e. The highest BCUT2D eigenvalue weighted by atomic mass is 31.1. The van der Waals surface area contributed by atoms with Crippen LogP contribution in [0.5, 0.6) is 0 Å². The molecule has 2 fully saturated rings. The Hall–Kier alpha value is -2.71. The van der Waals surface area contributed by atoms with E-state index in [1.165, 1.54) is 0 Å². The summed E-state index contributed by atoms with van der Waals surface area (Å²) >= 11 is 0. The van der Waals surface area contributed by atoms with Gasteiger partial charge in [0.15, 0.2) is 0 Å². The zero-order valence-electron chi connectivity index (χ0n) is 21.0. The SMILES string of the molecule is CP(C)c1c(C(=O)NCC2CC(N)C2)ccc2c(-c3nc(NC4CCCC4)ncc3C(F)(F)F)c[nH]c12. The molecule has 0 unspecified atom stereocenters. The second kappa shape index (κ2) is 10.2. The zero-order chi connectivity index (χ0) is 26.3. The van der Waals surface area contributed by atoms with Gasteiger partial charge in [0, 0.05) is 52.8 Å². The summed E-state index contributed by atoms with van der Waals surface area (Å²) in [7, 11) is -0.752. The van der Waals surface area contributed by atoms with E-state index in [2.05, 4.69) is 25.6 Å². The van der Waals surface area contributed by atoms with Crippen molar-refractivity contribution >= 4 is 36.0 Å². The third-order valence-electron chi connectivity index (χ3n) is 7.38. The molecule has 5 rings (SSSR count). The summed E-state index contributed by atoms with van der Waals surface area (Å²) in [6.07, 6.45) is 3.67. The lowest BCUT2D eigenvalue weighted by atomic mass is 9.81. The standard InChI is InChI=1S/C26H32F3N6OP/c1-37(2)23-18(24(36)32-11-14-9-15(30)10-14)8-7-17-19(12-31-22(17)23)21-20(26(27,28)29)13-33-25(35-21)34-16-5-3-4-6-16/h7-8,12-16,31H,3-6,9-11,30H2,1-2H3,(H,32,36)(H,33,34,35). The normalized spacial score (nSPS) is 20.4. The van der Waals surface area contributed by atoms with Gasteiger partial charge >= 0.3 is 6.18 Å². The van der Waals surface area contributed by atoms with E-state index in [-0.39, 0.29) is 29.6 Å². The van der Waals surface area contributed by atoms with E-state index in [4.69, 9.17) is 5.73 Å². The number of nitrogens with zero attached hydrogens (tertiary/aromatic N) is 2. The molecule has 198 valence electrons. The van der Waals surface area contributed by atoms with Crippen LogP contribution < -0.4 is 21.7 Å². The quantitative estimate of drug-likeness (QED) is 0.326. The Morgan fingerprint density at radius 1 is 1.22 bits per heavy atom. The lowest BCUT2D eigenvalue weighted by molar-refractivity contribution is -0.137. The summed E-state index contributed by atoms with van der Waals surface area (Å²) in [4.78, 5) is 24.6. The predicted molar refractivity (Wildman–Crippen MR) is 142 cm³/mol. The smallest absolute Gasteiger partial charge is 0.360 e. The average Bonchev–Trinajstić information content (AvgIpc) is 3.49. The highest BCUT2D eigenvalue weighted by Crippen LogP contribution is 2.40. The Morgan fingerprint density at radius 3 is 2.59 bits per heavy atom. The van der Waals surface area contributed by atoms with E-state index in [1.54, 1.807) is 18.3 Å². The summed E-state index contributed by atoms with van der Waals surface area (Å²) in [6.45, 7) is 4.63. The van der Waals surface area contributed by atoms with Gasteiger partial charge in [-0.1, -0.05) is 26.8 Å². The lowest BCUT2D eigenvalue weighted by Crippen LogP contribution is -2.43. The summed E-state index contributed by atoms with van der Waals surface area (Å²) in [5.74, 6) is 0.411. The van der Waals surface area contributed by atoms with E-state index >= 15 is 0 Å². The van der Waals surface area contributed by atoms with E-state index in [9.17, 15) is 18.0 Å². The first-order valence-electron chi connectivity index (χ1n) is 12.7. The first-order valence-corrected chi connectivity index (χ1v) is 14.9. The maximum atomic E-state index is 14.0. The number of benzene rings is 1. The van der Waals surface area contributed by atoms with Crippen molar-refractivity contribution < 1.29 is 18.0 Å². The van der Waals surface area contributed by atoms with Crippen LogP contribution in [0.1, 0.15) is 54.4 Å². The summed E-state index contributed by atoms with van der Waals surface area (Å²) in [6, 6.07) is 3.80. The third kappa shape index (κ3) is 5.32. The van der Waals surface area contributed by atoms with Gasteiger partial charge in [-0.05, 0) is 51.0 Å². The largest absolute Gasteiger partial charge is 0.419 e. The molecule has 3 aromatic rings. The predicted octanol–water partition coefficient (Wildman–Crippen LogP) is 4.83. The number of H-pyrrole nitrogens is 1. The van der Waals surface area contributed by atoms with Crippen molar-refractivity contribution in [3.63, 3.8) is 0 Å². The molecular formula is C26H32F3N6OP. The van der Waals surface area contributed by atoms with Crippen molar-refractivity contribution in [1.29, 1.82) is 0 Å². The summed E-state index contributed by atoms with van der Waals surface area (Å²) in [5.41, 5.74) is 6.35. The maximum absolute atomic E-state index is 14.0. The number of carbonyl (C=O) groups excluding carboxylic acids is 1. The highest BCUT2D eigenvalue weighted by Gasteiger charge is 2.36. The van der Waals surface area contributed by atoms with Crippen LogP contribution in [-0.4, -0.2) is 52.8 Å². The molecule has 0 bridgehead atoms. The number of halogens is 3. The van der Waals surface area contributed by atoms with Gasteiger partial charge in [-0.3, -0.25) is 4.79 Å². The van der Waals surface area contributed by atoms with Crippen LogP contribution in [0.4, 0.5) is 19.1 Å². The first-order chi connectivity index (χ1) is 17.6. The number of anilines is 1. The topological polar surface area (TPSA) is 109 Å². The third-order valence-corrected chi connectivity index (χ3v) is 8.74. The Bertz CT molecular complexity index is 1300. The number of aromatic amines is 1. The summed E-state index contributed by atoms with van der Waals surface area (Å²) < 4.78 is 42.0. The minimum Gasteiger partial charge on any atom is -0.360 e. The number of amides is 1. The van der Waals surface area contributed by atoms with E-state index in [0.717, 1.165) is 50.0 Å². The number of carbonyl (C=O) groups is 1. The molecule has 1 amide bonds. The molecule has 7 nitrogen and oxygen atoms in total. The van der Waals surface area contributed by atoms with E-state index in [0.29, 0.717) is 34.5 Å². The van der Waals surface area contributed by atoms with Gasteiger partial charge in [-0.25, -0.2) is 9.97 Å². The van der Waals surface area contributed by atoms with E-state index in [1.807, 2.05) is 13.3 Å². The molecule has 0 spiro atoms. The van der Waals surface area contributed by atoms with Crippen molar-refractivity contribution in [3.8, 4) is 11.3 Å². The fraction of sp³-hybridized carbons (Fsp3) is 0.500. The van der Waals surface area contributed by atoms with Crippen molar-refractivity contribution in [3.05, 3.63) is 35.7 Å². The molecule has 0 aliphatic heterocycles.